The fourth-order valence-corrected chi connectivity index (χ4v) is 6.74. The molecule has 0 amide bonds. The van der Waals surface area contributed by atoms with Gasteiger partial charge in [0.15, 0.2) is 0 Å². The van der Waals surface area contributed by atoms with Gasteiger partial charge in [-0.2, -0.15) is 0 Å². The Kier molecular flexibility index (Phi) is 7.53. The van der Waals surface area contributed by atoms with Crippen LogP contribution in [0.25, 0.3) is 44.2 Å². The van der Waals surface area contributed by atoms with Crippen molar-refractivity contribution in [2.75, 3.05) is 0 Å². The van der Waals surface area contributed by atoms with Crippen LogP contribution in [0.3, 0.4) is 0 Å². The zero-order valence-electron chi connectivity index (χ0n) is 27.6. The van der Waals surface area contributed by atoms with Crippen LogP contribution >= 0.6 is 11.8 Å². The van der Waals surface area contributed by atoms with E-state index in [1.54, 1.807) is 0 Å². The first kappa shape index (κ1) is 30.2. The van der Waals surface area contributed by atoms with Crippen LogP contribution in [0.5, 0.6) is 0 Å². The molecular weight excluding hydrogens is 553 g/mol. The Morgan fingerprint density at radius 2 is 1.23 bits per heavy atom. The summed E-state index contributed by atoms with van der Waals surface area (Å²) < 4.78 is 0. The summed E-state index contributed by atoms with van der Waals surface area (Å²) in [5.41, 5.74) is 11.2. The highest BCUT2D eigenvalue weighted by Crippen LogP contribution is 2.41. The fourth-order valence-electron chi connectivity index (χ4n) is 5.76. The molecule has 0 aliphatic heterocycles. The molecule has 2 aromatic heterocycles. The van der Waals surface area contributed by atoms with Crippen molar-refractivity contribution in [3.05, 3.63) is 114 Å². The van der Waals surface area contributed by atoms with Crippen molar-refractivity contribution in [1.29, 1.82) is 0 Å². The largest absolute Gasteiger partial charge is 0.354 e. The van der Waals surface area contributed by atoms with E-state index >= 15 is 0 Å². The summed E-state index contributed by atoms with van der Waals surface area (Å²) in [7, 11) is 0. The second-order valence-corrected chi connectivity index (χ2v) is 16.3. The van der Waals surface area contributed by atoms with Gasteiger partial charge in [0.1, 0.15) is 0 Å². The number of aromatic amines is 1. The predicted octanol–water partition coefficient (Wildman–Crippen LogP) is 12.1. The maximum absolute atomic E-state index is 4.65. The molecule has 0 aliphatic carbocycles. The van der Waals surface area contributed by atoms with Gasteiger partial charge in [0.2, 0.25) is 0 Å². The Labute approximate surface area is 267 Å². The minimum absolute atomic E-state index is 0.0236. The molecule has 0 bridgehead atoms. The maximum Gasteiger partial charge on any atom is 0.0702 e. The zero-order chi connectivity index (χ0) is 31.4. The molecule has 0 aliphatic rings. The molecule has 2 heterocycles. The lowest BCUT2D eigenvalue weighted by atomic mass is 9.83. The van der Waals surface area contributed by atoms with Crippen LogP contribution in [0, 0.1) is 0 Å². The highest BCUT2D eigenvalue weighted by Gasteiger charge is 2.22. The molecule has 0 atom stereocenters. The molecule has 6 rings (SSSR count). The average Bonchev–Trinajstić information content (AvgIpc) is 3.34. The lowest BCUT2D eigenvalue weighted by Gasteiger charge is -2.22. The van der Waals surface area contributed by atoms with Gasteiger partial charge < -0.3 is 4.98 Å². The molecule has 44 heavy (non-hydrogen) atoms. The van der Waals surface area contributed by atoms with E-state index in [1.165, 1.54) is 59.4 Å². The quantitative estimate of drug-likeness (QED) is 0.219. The number of benzene rings is 4. The minimum Gasteiger partial charge on any atom is -0.354 e. The normalized spacial score (nSPS) is 12.8. The molecule has 0 radical (unpaired) electrons. The lowest BCUT2D eigenvalue weighted by Crippen LogP contribution is -2.11. The van der Waals surface area contributed by atoms with E-state index in [-0.39, 0.29) is 16.2 Å². The molecule has 2 nitrogen and oxygen atoms in total. The first-order valence-corrected chi connectivity index (χ1v) is 16.4. The van der Waals surface area contributed by atoms with E-state index in [0.29, 0.717) is 0 Å². The topological polar surface area (TPSA) is 28.7 Å². The van der Waals surface area contributed by atoms with E-state index in [9.17, 15) is 0 Å². The standard InChI is InChI=1S/C41H44N2S/c1-39(2,3)28-16-17-37-34(23-28)35-25-30(41(7,8)9)24-33(38(35)43-37)26-13-12-14-31(20-26)44-32-21-27(36-15-10-11-18-42-36)19-29(22-32)40(4,5)6/h10-25,43H,1-9H3. The number of pyridine rings is 1. The van der Waals surface area contributed by atoms with E-state index in [2.05, 4.69) is 157 Å². The van der Waals surface area contributed by atoms with E-state index in [1.807, 2.05) is 24.0 Å². The number of hydrogen-bond donors (Lipinski definition) is 1. The molecule has 0 unspecified atom stereocenters. The van der Waals surface area contributed by atoms with Gasteiger partial charge in [-0.3, -0.25) is 4.98 Å². The van der Waals surface area contributed by atoms with Crippen LogP contribution in [-0.4, -0.2) is 9.97 Å². The third-order valence-electron chi connectivity index (χ3n) is 8.55. The number of rotatable bonds is 4. The highest BCUT2D eigenvalue weighted by atomic mass is 32.2. The van der Waals surface area contributed by atoms with Crippen molar-refractivity contribution in [3.63, 3.8) is 0 Å². The second-order valence-electron chi connectivity index (χ2n) is 15.2. The van der Waals surface area contributed by atoms with Gasteiger partial charge in [0.25, 0.3) is 0 Å². The Morgan fingerprint density at radius 1 is 0.545 bits per heavy atom. The monoisotopic (exact) mass is 596 g/mol. The van der Waals surface area contributed by atoms with E-state index < -0.39 is 0 Å². The first-order valence-electron chi connectivity index (χ1n) is 15.6. The van der Waals surface area contributed by atoms with E-state index in [4.69, 9.17) is 0 Å². The van der Waals surface area contributed by atoms with Gasteiger partial charge >= 0.3 is 0 Å². The number of nitrogens with zero attached hydrogens (tertiary/aromatic N) is 1. The van der Waals surface area contributed by atoms with Gasteiger partial charge in [0, 0.05) is 43.4 Å². The number of fused-ring (bicyclic) bond motifs is 3. The molecule has 1 N–H and O–H groups in total. The van der Waals surface area contributed by atoms with Gasteiger partial charge in [-0.05, 0) is 105 Å². The van der Waals surface area contributed by atoms with Crippen molar-refractivity contribution in [1.82, 2.24) is 9.97 Å². The van der Waals surface area contributed by atoms with Crippen molar-refractivity contribution >= 4 is 33.6 Å². The Morgan fingerprint density at radius 3 is 1.91 bits per heavy atom. The third kappa shape index (κ3) is 6.08. The molecule has 0 fully saturated rings. The maximum atomic E-state index is 4.65. The summed E-state index contributed by atoms with van der Waals surface area (Å²) in [4.78, 5) is 10.9. The van der Waals surface area contributed by atoms with Crippen LogP contribution in [0.4, 0.5) is 0 Å². The molecule has 224 valence electrons. The fraction of sp³-hybridized carbons (Fsp3) is 0.293. The van der Waals surface area contributed by atoms with Crippen LogP contribution in [-0.2, 0) is 16.2 Å². The van der Waals surface area contributed by atoms with Gasteiger partial charge in [-0.15, -0.1) is 0 Å². The molecule has 0 spiro atoms. The van der Waals surface area contributed by atoms with Gasteiger partial charge in [-0.25, -0.2) is 0 Å². The van der Waals surface area contributed by atoms with Crippen molar-refractivity contribution in [3.8, 4) is 22.4 Å². The van der Waals surface area contributed by atoms with E-state index in [0.717, 1.165) is 11.3 Å². The lowest BCUT2D eigenvalue weighted by molar-refractivity contribution is 0.589. The molecule has 4 aromatic carbocycles. The summed E-state index contributed by atoms with van der Waals surface area (Å²) in [5, 5.41) is 2.59. The SMILES string of the molecule is CC(C)(C)c1cc(Sc2cccc(-c3cc(C(C)(C)C)cc4c3[nH]c3ccc(C(C)(C)C)cc34)c2)cc(-c2ccccn2)c1. The van der Waals surface area contributed by atoms with Gasteiger partial charge in [-0.1, -0.05) is 98.3 Å². The van der Waals surface area contributed by atoms with Gasteiger partial charge in [0.05, 0.1) is 11.2 Å². The van der Waals surface area contributed by atoms with Crippen LogP contribution in [0.2, 0.25) is 0 Å². The number of hydrogen-bond acceptors (Lipinski definition) is 2. The summed E-state index contributed by atoms with van der Waals surface area (Å²) in [6.45, 7) is 20.6. The highest BCUT2D eigenvalue weighted by molar-refractivity contribution is 7.99. The Balaban J connectivity index is 1.48. The second kappa shape index (κ2) is 11.0. The predicted molar refractivity (Wildman–Crippen MR) is 191 cm³/mol. The van der Waals surface area contributed by atoms with Crippen LogP contribution in [0.15, 0.2) is 107 Å². The number of aromatic nitrogens is 2. The molecular formula is C41H44N2S. The molecule has 6 aromatic rings. The first-order chi connectivity index (χ1) is 20.7. The smallest absolute Gasteiger partial charge is 0.0702 e. The summed E-state index contributed by atoms with van der Waals surface area (Å²) in [6, 6.07) is 33.8. The summed E-state index contributed by atoms with van der Waals surface area (Å²) >= 11 is 1.82. The Bertz CT molecular complexity index is 1980. The van der Waals surface area contributed by atoms with Crippen molar-refractivity contribution in [2.45, 2.75) is 88.3 Å². The Hall–Kier alpha value is -3.82. The third-order valence-corrected chi connectivity index (χ3v) is 9.51. The number of H-pyrrole nitrogens is 1. The molecule has 0 saturated heterocycles. The summed E-state index contributed by atoms with van der Waals surface area (Å²) in [5.74, 6) is 0. The van der Waals surface area contributed by atoms with Crippen molar-refractivity contribution < 1.29 is 0 Å². The molecule has 3 heteroatoms. The average molecular weight is 597 g/mol. The van der Waals surface area contributed by atoms with Crippen LogP contribution in [0.1, 0.15) is 79.0 Å². The molecule has 0 saturated carbocycles. The number of nitrogens with one attached hydrogen (secondary N) is 1. The van der Waals surface area contributed by atoms with Crippen LogP contribution < -0.4 is 0 Å². The zero-order valence-corrected chi connectivity index (χ0v) is 28.4. The minimum atomic E-state index is 0.0236. The van der Waals surface area contributed by atoms with Crippen molar-refractivity contribution in [2.24, 2.45) is 0 Å². The summed E-state index contributed by atoms with van der Waals surface area (Å²) in [6.07, 6.45) is 1.87.